The van der Waals surface area contributed by atoms with Gasteiger partial charge in [-0.05, 0) is 54.4 Å². The molecule has 0 saturated carbocycles. The number of carbonyl (C=O) groups is 2. The van der Waals surface area contributed by atoms with Gasteiger partial charge in [0, 0.05) is 6.54 Å². The number of nitrogens with zero attached hydrogens (tertiary/aromatic N) is 3. The summed E-state index contributed by atoms with van der Waals surface area (Å²) in [4.78, 5) is 26.6. The van der Waals surface area contributed by atoms with E-state index in [4.69, 9.17) is 4.74 Å². The van der Waals surface area contributed by atoms with E-state index in [0.717, 1.165) is 17.0 Å². The first kappa shape index (κ1) is 21.4. The van der Waals surface area contributed by atoms with Crippen LogP contribution in [-0.4, -0.2) is 31.5 Å². The first-order valence-corrected chi connectivity index (χ1v) is 10.4. The van der Waals surface area contributed by atoms with Crippen LogP contribution in [0.1, 0.15) is 12.0 Å². The number of nitrogens with one attached hydrogen (secondary N) is 1. The fourth-order valence-electron chi connectivity index (χ4n) is 3.63. The molecule has 0 unspecified atom stereocenters. The molecule has 3 aromatic rings. The van der Waals surface area contributed by atoms with E-state index in [2.05, 4.69) is 15.5 Å². The number of ether oxygens (including phenoxy) is 1. The van der Waals surface area contributed by atoms with Gasteiger partial charge < -0.3 is 10.1 Å². The van der Waals surface area contributed by atoms with Crippen molar-refractivity contribution in [3.63, 3.8) is 0 Å². The van der Waals surface area contributed by atoms with Gasteiger partial charge in [0.2, 0.25) is 5.91 Å². The fraction of sp³-hybridized carbons (Fsp3) is 0.200. The van der Waals surface area contributed by atoms with Crippen LogP contribution in [0.3, 0.4) is 0 Å². The Morgan fingerprint density at radius 1 is 0.906 bits per heavy atom. The molecule has 0 spiro atoms. The van der Waals surface area contributed by atoms with Crippen LogP contribution in [0.4, 0.5) is 17.1 Å². The Morgan fingerprint density at radius 2 is 1.56 bits per heavy atom. The Bertz CT molecular complexity index is 1110. The van der Waals surface area contributed by atoms with Crippen molar-refractivity contribution in [2.45, 2.75) is 18.9 Å². The summed E-state index contributed by atoms with van der Waals surface area (Å²) < 4.78 is 5.36. The lowest BCUT2D eigenvalue weighted by Crippen LogP contribution is -2.39. The summed E-state index contributed by atoms with van der Waals surface area (Å²) in [6.45, 7) is 0.566. The van der Waals surface area contributed by atoms with Gasteiger partial charge in [-0.3, -0.25) is 9.59 Å². The Morgan fingerprint density at radius 3 is 2.28 bits per heavy atom. The van der Waals surface area contributed by atoms with Crippen LogP contribution < -0.4 is 15.0 Å². The maximum Gasteiger partial charge on any atom is 0.251 e. The average Bonchev–Trinajstić information content (AvgIpc) is 3.12. The van der Waals surface area contributed by atoms with E-state index < -0.39 is 6.04 Å². The van der Waals surface area contributed by atoms with E-state index in [9.17, 15) is 9.59 Å². The van der Waals surface area contributed by atoms with Crippen molar-refractivity contribution in [3.05, 3.63) is 84.4 Å². The molecule has 3 aromatic carbocycles. The molecular formula is C25H24N4O3. The van der Waals surface area contributed by atoms with Gasteiger partial charge in [0.15, 0.2) is 0 Å². The van der Waals surface area contributed by atoms with Gasteiger partial charge in [-0.1, -0.05) is 36.4 Å². The number of anilines is 1. The molecule has 0 radical (unpaired) electrons. The molecule has 1 aliphatic rings. The molecule has 32 heavy (non-hydrogen) atoms. The zero-order valence-corrected chi connectivity index (χ0v) is 17.8. The normalized spacial score (nSPS) is 16.2. The highest BCUT2D eigenvalue weighted by molar-refractivity contribution is 6.22. The number of imide groups is 1. The first-order valence-electron chi connectivity index (χ1n) is 10.4. The summed E-state index contributed by atoms with van der Waals surface area (Å²) >= 11 is 0. The number of carbonyl (C=O) groups excluding carboxylic acids is 2. The molecule has 7 heteroatoms. The van der Waals surface area contributed by atoms with E-state index in [1.165, 1.54) is 4.90 Å². The number of benzene rings is 3. The van der Waals surface area contributed by atoms with E-state index in [-0.39, 0.29) is 18.2 Å². The molecular weight excluding hydrogens is 404 g/mol. The second-order valence-corrected chi connectivity index (χ2v) is 7.39. The minimum absolute atomic E-state index is 0.139. The van der Waals surface area contributed by atoms with E-state index in [1.54, 1.807) is 31.4 Å². The Balaban J connectivity index is 1.36. The molecule has 1 fully saturated rings. The highest BCUT2D eigenvalue weighted by atomic mass is 16.5. The van der Waals surface area contributed by atoms with Gasteiger partial charge >= 0.3 is 0 Å². The maximum absolute atomic E-state index is 12.9. The highest BCUT2D eigenvalue weighted by Gasteiger charge is 2.39. The topological polar surface area (TPSA) is 83.4 Å². The van der Waals surface area contributed by atoms with Gasteiger partial charge in [-0.2, -0.15) is 10.2 Å². The quantitative estimate of drug-likeness (QED) is 0.421. The second kappa shape index (κ2) is 9.98. The monoisotopic (exact) mass is 428 g/mol. The van der Waals surface area contributed by atoms with Crippen LogP contribution >= 0.6 is 0 Å². The molecule has 0 aromatic heterocycles. The molecule has 1 saturated heterocycles. The number of rotatable bonds is 8. The number of methoxy groups -OCH3 is 1. The predicted molar refractivity (Wildman–Crippen MR) is 123 cm³/mol. The zero-order chi connectivity index (χ0) is 22.3. The average molecular weight is 428 g/mol. The van der Waals surface area contributed by atoms with E-state index >= 15 is 0 Å². The molecule has 1 aliphatic heterocycles. The van der Waals surface area contributed by atoms with Crippen molar-refractivity contribution < 1.29 is 14.3 Å². The molecule has 1 N–H and O–H groups in total. The minimum atomic E-state index is -0.533. The Labute approximate surface area is 186 Å². The van der Waals surface area contributed by atoms with E-state index in [1.807, 2.05) is 54.6 Å². The SMILES string of the molecule is COc1ccccc1CCN[C@@H]1CC(=O)N(c2ccc(N=Nc3ccccc3)cc2)C1=O. The Hall–Kier alpha value is -3.84. The van der Waals surface area contributed by atoms with Crippen molar-refractivity contribution >= 4 is 28.9 Å². The number of para-hydroxylation sites is 1. The number of amides is 2. The van der Waals surface area contributed by atoms with Crippen LogP contribution in [0.2, 0.25) is 0 Å². The van der Waals surface area contributed by atoms with Crippen molar-refractivity contribution in [3.8, 4) is 5.75 Å². The third kappa shape index (κ3) is 4.90. The van der Waals surface area contributed by atoms with Crippen molar-refractivity contribution in [1.29, 1.82) is 0 Å². The van der Waals surface area contributed by atoms with Crippen molar-refractivity contribution in [2.75, 3.05) is 18.6 Å². The number of hydrogen-bond donors (Lipinski definition) is 1. The van der Waals surface area contributed by atoms with Gasteiger partial charge in [-0.25, -0.2) is 4.90 Å². The molecule has 4 rings (SSSR count). The van der Waals surface area contributed by atoms with Crippen LogP contribution in [0.5, 0.6) is 5.75 Å². The number of hydrogen-bond acceptors (Lipinski definition) is 6. The molecule has 2 amide bonds. The largest absolute Gasteiger partial charge is 0.496 e. The summed E-state index contributed by atoms with van der Waals surface area (Å²) in [6.07, 6.45) is 0.837. The summed E-state index contributed by atoms with van der Waals surface area (Å²) in [5.41, 5.74) is 2.98. The van der Waals surface area contributed by atoms with Crippen LogP contribution in [-0.2, 0) is 16.0 Å². The first-order chi connectivity index (χ1) is 15.7. The third-order valence-corrected chi connectivity index (χ3v) is 5.27. The summed E-state index contributed by atoms with van der Waals surface area (Å²) in [6, 6.07) is 23.6. The van der Waals surface area contributed by atoms with Gasteiger partial charge in [0.05, 0.1) is 36.6 Å². The van der Waals surface area contributed by atoms with Gasteiger partial charge in [0.25, 0.3) is 5.91 Å². The smallest absolute Gasteiger partial charge is 0.251 e. The van der Waals surface area contributed by atoms with Gasteiger partial charge in [-0.15, -0.1) is 0 Å². The van der Waals surface area contributed by atoms with Crippen LogP contribution in [0.15, 0.2) is 89.1 Å². The lowest BCUT2D eigenvalue weighted by atomic mass is 10.1. The predicted octanol–water partition coefficient (Wildman–Crippen LogP) is 4.57. The molecule has 7 nitrogen and oxygen atoms in total. The van der Waals surface area contributed by atoms with E-state index in [0.29, 0.717) is 24.3 Å². The lowest BCUT2D eigenvalue weighted by Gasteiger charge is -2.16. The minimum Gasteiger partial charge on any atom is -0.496 e. The maximum atomic E-state index is 12.9. The third-order valence-electron chi connectivity index (χ3n) is 5.27. The highest BCUT2D eigenvalue weighted by Crippen LogP contribution is 2.26. The summed E-state index contributed by atoms with van der Waals surface area (Å²) in [7, 11) is 1.64. The fourth-order valence-corrected chi connectivity index (χ4v) is 3.63. The second-order valence-electron chi connectivity index (χ2n) is 7.39. The molecule has 162 valence electrons. The van der Waals surface area contributed by atoms with Crippen molar-refractivity contribution in [1.82, 2.24) is 5.32 Å². The molecule has 1 heterocycles. The summed E-state index contributed by atoms with van der Waals surface area (Å²) in [5, 5.41) is 11.6. The molecule has 0 bridgehead atoms. The molecule has 0 aliphatic carbocycles. The lowest BCUT2D eigenvalue weighted by molar-refractivity contribution is -0.121. The van der Waals surface area contributed by atoms with Gasteiger partial charge in [0.1, 0.15) is 5.75 Å². The summed E-state index contributed by atoms with van der Waals surface area (Å²) in [5.74, 6) is 0.353. The standard InChI is InChI=1S/C25H24N4O3/c1-32-23-10-6-5-7-18(23)15-16-26-22-17-24(30)29(25(22)31)21-13-11-20(12-14-21)28-27-19-8-3-2-4-9-19/h2-14,22,26H,15-17H2,1H3/t22-/m1/s1. The number of azo groups is 1. The molecule has 1 atom stereocenters. The Kier molecular flexibility index (Phi) is 6.67. The van der Waals surface area contributed by atoms with Crippen LogP contribution in [0, 0.1) is 0 Å². The van der Waals surface area contributed by atoms with Crippen molar-refractivity contribution in [2.24, 2.45) is 10.2 Å². The zero-order valence-electron chi connectivity index (χ0n) is 17.8. The van der Waals surface area contributed by atoms with Crippen LogP contribution in [0.25, 0.3) is 0 Å².